The van der Waals surface area contributed by atoms with Crippen LogP contribution in [0.4, 0.5) is 0 Å². The Balaban J connectivity index is 0.000000129. The standard InChI is InChI=1S/C16H13ClO2S.2C16H14OS/c1-2-9-19-12-8-7-11(17)14-15(18)10-5-3-4-6-13(10)20-16(12)14;1-10(2)11-7-5-8-13-15(17)12-6-3-4-9-14(12)18-16(11)13;1-10(2)11-7-8-15-13(9-11)16(17)12-5-3-4-6-14(12)18-15/h3-8H,2,9H2,1H3;2*3-10H,1-2H3. The molecule has 0 saturated carbocycles. The highest BCUT2D eigenvalue weighted by Crippen LogP contribution is 2.36. The molecule has 9 aromatic rings. The lowest BCUT2D eigenvalue weighted by molar-refractivity contribution is 0.321. The van der Waals surface area contributed by atoms with Gasteiger partial charge >= 0.3 is 0 Å². The van der Waals surface area contributed by atoms with Crippen molar-refractivity contribution in [3.63, 3.8) is 0 Å². The second-order valence-corrected chi connectivity index (χ2v) is 17.8. The molecule has 9 rings (SSSR count). The van der Waals surface area contributed by atoms with Crippen LogP contribution in [0.1, 0.15) is 64.0 Å². The first-order chi connectivity index (χ1) is 27.1. The monoisotopic (exact) mass is 812 g/mol. The van der Waals surface area contributed by atoms with Crippen molar-refractivity contribution < 1.29 is 4.74 Å². The minimum atomic E-state index is -0.0266. The fraction of sp³-hybridized carbons (Fsp3) is 0.188. The van der Waals surface area contributed by atoms with Gasteiger partial charge in [0.2, 0.25) is 0 Å². The first-order valence-corrected chi connectivity index (χ1v) is 21.6. The Morgan fingerprint density at radius 2 is 1.07 bits per heavy atom. The van der Waals surface area contributed by atoms with Crippen LogP contribution in [0.2, 0.25) is 5.02 Å². The molecule has 0 atom stereocenters. The van der Waals surface area contributed by atoms with E-state index in [1.54, 1.807) is 40.1 Å². The van der Waals surface area contributed by atoms with E-state index in [1.807, 2.05) is 97.1 Å². The summed E-state index contributed by atoms with van der Waals surface area (Å²) < 4.78 is 11.9. The average Bonchev–Trinajstić information content (AvgIpc) is 3.21. The number of fused-ring (bicyclic) bond motifs is 6. The van der Waals surface area contributed by atoms with E-state index in [4.69, 9.17) is 16.3 Å². The second kappa shape index (κ2) is 17.1. The molecule has 3 heterocycles. The molecule has 0 amide bonds. The van der Waals surface area contributed by atoms with Crippen molar-refractivity contribution in [3.8, 4) is 5.75 Å². The number of hydrogen-bond acceptors (Lipinski definition) is 7. The Kier molecular flexibility index (Phi) is 12.0. The van der Waals surface area contributed by atoms with Crippen LogP contribution in [0.3, 0.4) is 0 Å². The molecule has 8 heteroatoms. The summed E-state index contributed by atoms with van der Waals surface area (Å²) >= 11 is 11.2. The van der Waals surface area contributed by atoms with Crippen LogP contribution in [-0.2, 0) is 0 Å². The van der Waals surface area contributed by atoms with Crippen LogP contribution in [0, 0.1) is 0 Å². The lowest BCUT2D eigenvalue weighted by atomic mass is 10.0. The zero-order valence-electron chi connectivity index (χ0n) is 31.9. The Morgan fingerprint density at radius 3 is 1.68 bits per heavy atom. The summed E-state index contributed by atoms with van der Waals surface area (Å²) in [5.74, 6) is 1.62. The quantitative estimate of drug-likeness (QED) is 0.162. The SMILES string of the molecule is CC(C)c1ccc2sc3ccccc3c(=O)c2c1.CC(C)c1cccc2c(=O)c3ccccc3sc12.CCCOc1ccc(Cl)c2c(=O)c3ccccc3sc12. The molecule has 0 saturated heterocycles. The van der Waals surface area contributed by atoms with Crippen molar-refractivity contribution in [1.82, 2.24) is 0 Å². The first kappa shape index (κ1) is 39.3. The highest BCUT2D eigenvalue weighted by molar-refractivity contribution is 7.25. The van der Waals surface area contributed by atoms with Crippen LogP contribution in [0.25, 0.3) is 60.5 Å². The second-order valence-electron chi connectivity index (χ2n) is 14.2. The van der Waals surface area contributed by atoms with Gasteiger partial charge in [0, 0.05) is 50.4 Å². The zero-order valence-corrected chi connectivity index (χ0v) is 35.1. The number of benzene rings is 6. The first-order valence-electron chi connectivity index (χ1n) is 18.7. The molecule has 3 aromatic heterocycles. The third-order valence-electron chi connectivity index (χ3n) is 9.63. The van der Waals surface area contributed by atoms with E-state index in [2.05, 4.69) is 52.8 Å². The molecule has 0 spiro atoms. The number of rotatable bonds is 5. The zero-order chi connectivity index (χ0) is 39.5. The van der Waals surface area contributed by atoms with E-state index >= 15 is 0 Å². The van der Waals surface area contributed by atoms with Gasteiger partial charge in [-0.1, -0.05) is 101 Å². The lowest BCUT2D eigenvalue weighted by Crippen LogP contribution is -2.03. The van der Waals surface area contributed by atoms with E-state index < -0.39 is 0 Å². The Bertz CT molecular complexity index is 3040. The van der Waals surface area contributed by atoms with Gasteiger partial charge in [-0.3, -0.25) is 14.4 Å². The highest BCUT2D eigenvalue weighted by atomic mass is 35.5. The average molecular weight is 814 g/mol. The maximum Gasteiger partial charge on any atom is 0.197 e. The predicted molar refractivity (Wildman–Crippen MR) is 246 cm³/mol. The predicted octanol–water partition coefficient (Wildman–Crippen LogP) is 13.9. The van der Waals surface area contributed by atoms with Crippen molar-refractivity contribution in [2.75, 3.05) is 6.61 Å². The molecular weight excluding hydrogens is 772 g/mol. The Labute approximate surface area is 342 Å². The molecule has 56 heavy (non-hydrogen) atoms. The summed E-state index contributed by atoms with van der Waals surface area (Å²) in [6.45, 7) is 11.3. The van der Waals surface area contributed by atoms with E-state index in [9.17, 15) is 14.4 Å². The minimum absolute atomic E-state index is 0.0266. The molecule has 282 valence electrons. The van der Waals surface area contributed by atoms with Crippen molar-refractivity contribution in [2.24, 2.45) is 0 Å². The fourth-order valence-electron chi connectivity index (χ4n) is 6.65. The fourth-order valence-corrected chi connectivity index (χ4v) is 10.5. The third kappa shape index (κ3) is 7.87. The largest absolute Gasteiger partial charge is 0.492 e. The smallest absolute Gasteiger partial charge is 0.197 e. The van der Waals surface area contributed by atoms with Gasteiger partial charge in [0.1, 0.15) is 5.75 Å². The van der Waals surface area contributed by atoms with Gasteiger partial charge in [-0.2, -0.15) is 0 Å². The molecule has 0 unspecified atom stereocenters. The summed E-state index contributed by atoms with van der Waals surface area (Å²) in [6, 6.07) is 39.1. The van der Waals surface area contributed by atoms with Crippen LogP contribution < -0.4 is 21.0 Å². The van der Waals surface area contributed by atoms with Gasteiger partial charge in [0.05, 0.1) is 21.7 Å². The van der Waals surface area contributed by atoms with Crippen molar-refractivity contribution in [3.05, 3.63) is 168 Å². The highest BCUT2D eigenvalue weighted by Gasteiger charge is 2.14. The molecule has 0 aliphatic heterocycles. The molecule has 4 nitrogen and oxygen atoms in total. The van der Waals surface area contributed by atoms with E-state index in [-0.39, 0.29) is 16.3 Å². The van der Waals surface area contributed by atoms with Crippen molar-refractivity contribution in [2.45, 2.75) is 52.9 Å². The van der Waals surface area contributed by atoms with Crippen molar-refractivity contribution in [1.29, 1.82) is 0 Å². The summed E-state index contributed by atoms with van der Waals surface area (Å²) in [5.41, 5.74) is 2.77. The summed E-state index contributed by atoms with van der Waals surface area (Å²) in [4.78, 5) is 37.5. The number of ether oxygens (including phenoxy) is 1. The van der Waals surface area contributed by atoms with Gasteiger partial charge in [-0.05, 0) is 96.1 Å². The molecule has 0 aliphatic carbocycles. The van der Waals surface area contributed by atoms with Crippen LogP contribution in [0.5, 0.6) is 5.75 Å². The maximum absolute atomic E-state index is 12.6. The van der Waals surface area contributed by atoms with Crippen LogP contribution in [0.15, 0.2) is 136 Å². The third-order valence-corrected chi connectivity index (χ3v) is 13.5. The Morgan fingerprint density at radius 1 is 0.536 bits per heavy atom. The molecule has 0 N–H and O–H groups in total. The normalized spacial score (nSPS) is 11.4. The molecule has 0 fully saturated rings. The lowest BCUT2D eigenvalue weighted by Gasteiger charge is -2.09. The van der Waals surface area contributed by atoms with Gasteiger partial charge in [-0.25, -0.2) is 0 Å². The summed E-state index contributed by atoms with van der Waals surface area (Å²) in [6.07, 6.45) is 0.923. The number of hydrogen-bond donors (Lipinski definition) is 0. The van der Waals surface area contributed by atoms with Gasteiger partial charge < -0.3 is 4.74 Å². The number of halogens is 1. The maximum atomic E-state index is 12.6. The van der Waals surface area contributed by atoms with Gasteiger partial charge in [0.25, 0.3) is 0 Å². The minimum Gasteiger partial charge on any atom is -0.492 e. The summed E-state index contributed by atoms with van der Waals surface area (Å²) in [5, 5.41) is 5.11. The topological polar surface area (TPSA) is 60.4 Å². The van der Waals surface area contributed by atoms with Crippen molar-refractivity contribution >= 4 is 106 Å². The molecule has 6 aromatic carbocycles. The molecule has 0 aliphatic rings. The van der Waals surface area contributed by atoms with E-state index in [0.717, 1.165) is 61.9 Å². The summed E-state index contributed by atoms with van der Waals surface area (Å²) in [7, 11) is 0. The molecule has 0 bridgehead atoms. The van der Waals surface area contributed by atoms with E-state index in [0.29, 0.717) is 34.2 Å². The molecular formula is C48H41ClO4S3. The van der Waals surface area contributed by atoms with E-state index in [1.165, 1.54) is 11.1 Å². The van der Waals surface area contributed by atoms with Crippen LogP contribution >= 0.6 is 45.6 Å². The van der Waals surface area contributed by atoms with Gasteiger partial charge in [0.15, 0.2) is 16.3 Å². The Hall–Kier alpha value is -4.92. The van der Waals surface area contributed by atoms with Gasteiger partial charge in [-0.15, -0.1) is 34.0 Å². The van der Waals surface area contributed by atoms with Crippen LogP contribution in [-0.4, -0.2) is 6.61 Å². The molecule has 0 radical (unpaired) electrons.